The number of carbonyl (C=O) groups excluding carboxylic acids is 1. The van der Waals surface area contributed by atoms with Crippen molar-refractivity contribution < 1.29 is 4.79 Å². The number of fused-ring (bicyclic) bond motifs is 1. The molecule has 2 heterocycles. The molecule has 0 spiro atoms. The van der Waals surface area contributed by atoms with E-state index >= 15 is 0 Å². The van der Waals surface area contributed by atoms with Gasteiger partial charge in [-0.2, -0.15) is 0 Å². The number of rotatable bonds is 3. The van der Waals surface area contributed by atoms with Crippen LogP contribution in [0.5, 0.6) is 0 Å². The molecule has 3 rings (SSSR count). The second-order valence-corrected chi connectivity index (χ2v) is 5.22. The van der Waals surface area contributed by atoms with Gasteiger partial charge in [-0.15, -0.1) is 11.3 Å². The Bertz CT molecular complexity index is 615. The molecule has 0 bridgehead atoms. The first-order chi connectivity index (χ1) is 8.88. The maximum atomic E-state index is 10.5. The summed E-state index contributed by atoms with van der Waals surface area (Å²) in [6, 6.07) is 6.06. The van der Waals surface area contributed by atoms with Gasteiger partial charge in [0.2, 0.25) is 6.41 Å². The van der Waals surface area contributed by atoms with Gasteiger partial charge in [0.05, 0.1) is 0 Å². The minimum atomic E-state index is 0.719. The Morgan fingerprint density at radius 1 is 1.39 bits per heavy atom. The van der Waals surface area contributed by atoms with Crippen LogP contribution < -0.4 is 10.6 Å². The molecule has 0 saturated heterocycles. The van der Waals surface area contributed by atoms with Crippen molar-refractivity contribution in [1.29, 1.82) is 0 Å². The van der Waals surface area contributed by atoms with Crippen molar-refractivity contribution in [1.82, 2.24) is 5.32 Å². The van der Waals surface area contributed by atoms with Gasteiger partial charge in [0, 0.05) is 22.3 Å². The molecule has 2 aromatic rings. The predicted octanol–water partition coefficient (Wildman–Crippen LogP) is 2.85. The average molecular weight is 258 g/mol. The number of thiophene rings is 1. The average Bonchev–Trinajstić information content (AvgIpc) is 2.83. The summed E-state index contributed by atoms with van der Waals surface area (Å²) in [5, 5.41) is 9.49. The minimum Gasteiger partial charge on any atom is -0.329 e. The largest absolute Gasteiger partial charge is 0.329 e. The third-order valence-corrected chi connectivity index (χ3v) is 4.17. The fourth-order valence-corrected chi connectivity index (χ4v) is 3.27. The molecular weight excluding hydrogens is 244 g/mol. The first-order valence-electron chi connectivity index (χ1n) is 6.00. The summed E-state index contributed by atoms with van der Waals surface area (Å²) >= 11 is 1.76. The van der Waals surface area contributed by atoms with Crippen LogP contribution in [0, 0.1) is 0 Å². The van der Waals surface area contributed by atoms with Gasteiger partial charge in [-0.05, 0) is 47.7 Å². The molecule has 1 aliphatic heterocycles. The molecule has 92 valence electrons. The number of carbonyl (C=O) groups is 1. The molecule has 1 aromatic carbocycles. The van der Waals surface area contributed by atoms with Crippen molar-refractivity contribution in [3.05, 3.63) is 35.2 Å². The maximum absolute atomic E-state index is 10.5. The molecule has 0 atom stereocenters. The third kappa shape index (κ3) is 2.05. The highest BCUT2D eigenvalue weighted by Gasteiger charge is 2.11. The number of nitrogens with one attached hydrogen (secondary N) is 2. The second kappa shape index (κ2) is 4.92. The summed E-state index contributed by atoms with van der Waals surface area (Å²) in [5.74, 6) is 0. The SMILES string of the molecule is O=CNc1ccc2scc(C3=CCNCC3)c2c1. The molecule has 3 nitrogen and oxygen atoms in total. The maximum Gasteiger partial charge on any atom is 0.211 e. The van der Waals surface area contributed by atoms with Crippen molar-refractivity contribution in [2.24, 2.45) is 0 Å². The lowest BCUT2D eigenvalue weighted by Crippen LogP contribution is -2.19. The summed E-state index contributed by atoms with van der Waals surface area (Å²) in [4.78, 5) is 10.5. The second-order valence-electron chi connectivity index (χ2n) is 4.31. The first-order valence-corrected chi connectivity index (χ1v) is 6.88. The number of anilines is 1. The Morgan fingerprint density at radius 2 is 2.33 bits per heavy atom. The van der Waals surface area contributed by atoms with E-state index in [1.54, 1.807) is 11.3 Å². The van der Waals surface area contributed by atoms with Crippen molar-refractivity contribution >= 4 is 39.1 Å². The van der Waals surface area contributed by atoms with Crippen LogP contribution in [0.25, 0.3) is 15.7 Å². The smallest absolute Gasteiger partial charge is 0.211 e. The number of hydrogen-bond donors (Lipinski definition) is 2. The molecular formula is C14H14N2OS. The van der Waals surface area contributed by atoms with E-state index in [0.717, 1.165) is 31.6 Å². The topological polar surface area (TPSA) is 41.1 Å². The van der Waals surface area contributed by atoms with Crippen LogP contribution in [0.2, 0.25) is 0 Å². The number of hydrogen-bond acceptors (Lipinski definition) is 3. The molecule has 0 saturated carbocycles. The van der Waals surface area contributed by atoms with Crippen molar-refractivity contribution in [2.45, 2.75) is 6.42 Å². The molecule has 1 aliphatic rings. The summed E-state index contributed by atoms with van der Waals surface area (Å²) < 4.78 is 1.26. The Hall–Kier alpha value is -1.65. The summed E-state index contributed by atoms with van der Waals surface area (Å²) in [5.41, 5.74) is 3.57. The van der Waals surface area contributed by atoms with Gasteiger partial charge in [0.1, 0.15) is 0 Å². The van der Waals surface area contributed by atoms with Crippen molar-refractivity contribution in [3.8, 4) is 0 Å². The van der Waals surface area contributed by atoms with Gasteiger partial charge in [-0.3, -0.25) is 4.79 Å². The van der Waals surface area contributed by atoms with Crippen LogP contribution >= 0.6 is 11.3 Å². The summed E-state index contributed by atoms with van der Waals surface area (Å²) in [7, 11) is 0. The van der Waals surface area contributed by atoms with E-state index in [4.69, 9.17) is 0 Å². The molecule has 2 N–H and O–H groups in total. The van der Waals surface area contributed by atoms with Gasteiger partial charge in [0.15, 0.2) is 0 Å². The molecule has 0 radical (unpaired) electrons. The van der Waals surface area contributed by atoms with Crippen molar-refractivity contribution in [3.63, 3.8) is 0 Å². The minimum absolute atomic E-state index is 0.719. The van der Waals surface area contributed by atoms with Gasteiger partial charge >= 0.3 is 0 Å². The molecule has 0 fully saturated rings. The predicted molar refractivity (Wildman–Crippen MR) is 77.0 cm³/mol. The highest BCUT2D eigenvalue weighted by molar-refractivity contribution is 7.17. The van der Waals surface area contributed by atoms with Crippen LogP contribution in [0.4, 0.5) is 5.69 Å². The fraction of sp³-hybridized carbons (Fsp3) is 0.214. The van der Waals surface area contributed by atoms with Gasteiger partial charge < -0.3 is 10.6 Å². The summed E-state index contributed by atoms with van der Waals surface area (Å²) in [6.07, 6.45) is 4.04. The number of benzene rings is 1. The Balaban J connectivity index is 2.08. The van der Waals surface area contributed by atoms with E-state index in [-0.39, 0.29) is 0 Å². The van der Waals surface area contributed by atoms with Gasteiger partial charge in [-0.25, -0.2) is 0 Å². The highest BCUT2D eigenvalue weighted by Crippen LogP contribution is 2.34. The molecule has 18 heavy (non-hydrogen) atoms. The Kier molecular flexibility index (Phi) is 3.13. The standard InChI is InChI=1S/C14H14N2OS/c17-9-16-11-1-2-14-12(7-11)13(8-18-14)10-3-5-15-6-4-10/h1-3,7-9,15H,4-6H2,(H,16,17). The highest BCUT2D eigenvalue weighted by atomic mass is 32.1. The molecule has 0 unspecified atom stereocenters. The van der Waals surface area contributed by atoms with Crippen molar-refractivity contribution in [2.75, 3.05) is 18.4 Å². The van der Waals surface area contributed by atoms with Crippen LogP contribution in [0.3, 0.4) is 0 Å². The Morgan fingerprint density at radius 3 is 3.11 bits per heavy atom. The molecule has 0 aliphatic carbocycles. The molecule has 1 aromatic heterocycles. The quantitative estimate of drug-likeness (QED) is 0.831. The van der Waals surface area contributed by atoms with Crippen LogP contribution in [-0.2, 0) is 4.79 Å². The number of amides is 1. The first kappa shape index (κ1) is 11.4. The van der Waals surface area contributed by atoms with E-state index < -0.39 is 0 Å². The summed E-state index contributed by atoms with van der Waals surface area (Å²) in [6.45, 7) is 1.98. The van der Waals surface area contributed by atoms with Crippen LogP contribution in [0.1, 0.15) is 12.0 Å². The van der Waals surface area contributed by atoms with E-state index in [1.807, 2.05) is 6.07 Å². The molecule has 1 amide bonds. The Labute approximate surface area is 110 Å². The lowest BCUT2D eigenvalue weighted by molar-refractivity contribution is -0.105. The molecule has 4 heteroatoms. The lowest BCUT2D eigenvalue weighted by Gasteiger charge is -2.13. The van der Waals surface area contributed by atoms with Crippen LogP contribution in [-0.4, -0.2) is 19.5 Å². The van der Waals surface area contributed by atoms with Gasteiger partial charge in [-0.1, -0.05) is 6.08 Å². The normalized spacial score (nSPS) is 15.4. The van der Waals surface area contributed by atoms with E-state index in [9.17, 15) is 4.79 Å². The van der Waals surface area contributed by atoms with E-state index in [0.29, 0.717) is 0 Å². The zero-order valence-corrected chi connectivity index (χ0v) is 10.7. The lowest BCUT2D eigenvalue weighted by atomic mass is 9.99. The van der Waals surface area contributed by atoms with Gasteiger partial charge in [0.25, 0.3) is 0 Å². The zero-order valence-electron chi connectivity index (χ0n) is 9.90. The van der Waals surface area contributed by atoms with E-state index in [1.165, 1.54) is 21.2 Å². The third-order valence-electron chi connectivity index (χ3n) is 3.21. The van der Waals surface area contributed by atoms with Crippen LogP contribution in [0.15, 0.2) is 29.7 Å². The zero-order chi connectivity index (χ0) is 12.4. The fourth-order valence-electron chi connectivity index (χ4n) is 2.30. The monoisotopic (exact) mass is 258 g/mol. The van der Waals surface area contributed by atoms with E-state index in [2.05, 4.69) is 34.2 Å².